The van der Waals surface area contributed by atoms with E-state index in [2.05, 4.69) is 6.58 Å². The smallest absolute Gasteiger partial charge is 0.102 e. The Kier molecular flexibility index (Phi) is 9.66. The van der Waals surface area contributed by atoms with Crippen molar-refractivity contribution in [1.29, 1.82) is 0 Å². The molecule has 4 atom stereocenters. The Morgan fingerprint density at radius 3 is 1.53 bits per heavy atom. The van der Waals surface area contributed by atoms with Gasteiger partial charge in [-0.25, -0.2) is 0 Å². The molecule has 0 heterocycles. The average molecular weight is 266 g/mol. The van der Waals surface area contributed by atoms with Gasteiger partial charge in [0.1, 0.15) is 24.4 Å². The molecule has 19 heavy (non-hydrogen) atoms. The van der Waals surface area contributed by atoms with Gasteiger partial charge in [-0.1, -0.05) is 54.7 Å². The Balaban J connectivity index is 4.15. The van der Waals surface area contributed by atoms with Gasteiger partial charge in [0, 0.05) is 0 Å². The third kappa shape index (κ3) is 8.29. The predicted octanol–water partition coefficient (Wildman–Crippen LogP) is 0.861. The molecule has 0 spiro atoms. The molecule has 0 saturated carbocycles. The number of aliphatic hydroxyl groups excluding tert-OH is 4. The quantitative estimate of drug-likeness (QED) is 0.388. The highest BCUT2D eigenvalue weighted by atomic mass is 16.3. The molecule has 0 rings (SSSR count). The van der Waals surface area contributed by atoms with Crippen LogP contribution in [0.2, 0.25) is 0 Å². The fourth-order valence-corrected chi connectivity index (χ4v) is 1.16. The molecule has 0 unspecified atom stereocenters. The van der Waals surface area contributed by atoms with Crippen LogP contribution in [0, 0.1) is 0 Å². The molecule has 0 amide bonds. The van der Waals surface area contributed by atoms with Crippen molar-refractivity contribution in [3.8, 4) is 0 Å². The van der Waals surface area contributed by atoms with Crippen molar-refractivity contribution in [1.82, 2.24) is 0 Å². The molecule has 0 saturated heterocycles. The summed E-state index contributed by atoms with van der Waals surface area (Å²) in [5.74, 6) is 0. The van der Waals surface area contributed by atoms with E-state index in [0.717, 1.165) is 0 Å². The van der Waals surface area contributed by atoms with Gasteiger partial charge in [0.2, 0.25) is 0 Å². The third-order valence-corrected chi connectivity index (χ3v) is 2.28. The summed E-state index contributed by atoms with van der Waals surface area (Å²) in [6.45, 7) is 5.12. The van der Waals surface area contributed by atoms with E-state index >= 15 is 0 Å². The lowest BCUT2D eigenvalue weighted by Gasteiger charge is -2.08. The van der Waals surface area contributed by atoms with Crippen molar-refractivity contribution in [3.63, 3.8) is 0 Å². The summed E-state index contributed by atoms with van der Waals surface area (Å²) in [5.41, 5.74) is 0. The number of hydrogen-bond donors (Lipinski definition) is 4. The van der Waals surface area contributed by atoms with Gasteiger partial charge >= 0.3 is 0 Å². The fourth-order valence-electron chi connectivity index (χ4n) is 1.16. The zero-order valence-electron chi connectivity index (χ0n) is 11.0. The van der Waals surface area contributed by atoms with Gasteiger partial charge in [-0.2, -0.15) is 0 Å². The molecule has 106 valence electrons. The topological polar surface area (TPSA) is 80.9 Å². The molecule has 0 aliphatic carbocycles. The van der Waals surface area contributed by atoms with Gasteiger partial charge in [-0.3, -0.25) is 0 Å². The molecule has 0 aromatic heterocycles. The van der Waals surface area contributed by atoms with E-state index in [1.54, 1.807) is 37.3 Å². The molecule has 0 aromatic carbocycles. The molecule has 4 nitrogen and oxygen atoms in total. The summed E-state index contributed by atoms with van der Waals surface area (Å²) in [6.07, 6.45) is 9.81. The first-order valence-corrected chi connectivity index (χ1v) is 6.02. The lowest BCUT2D eigenvalue weighted by Crippen LogP contribution is -2.20. The predicted molar refractivity (Wildman–Crippen MR) is 76.5 cm³/mol. The van der Waals surface area contributed by atoms with E-state index in [1.807, 2.05) is 0 Å². The first-order valence-electron chi connectivity index (χ1n) is 6.02. The van der Waals surface area contributed by atoms with Gasteiger partial charge in [0.05, 0.1) is 0 Å². The van der Waals surface area contributed by atoms with E-state index in [-0.39, 0.29) is 0 Å². The highest BCUT2D eigenvalue weighted by molar-refractivity contribution is 5.15. The highest BCUT2D eigenvalue weighted by Crippen LogP contribution is 1.99. The summed E-state index contributed by atoms with van der Waals surface area (Å²) in [7, 11) is 0. The van der Waals surface area contributed by atoms with Crippen LogP contribution in [0.5, 0.6) is 0 Å². The van der Waals surface area contributed by atoms with Crippen LogP contribution in [0.25, 0.3) is 0 Å². The fraction of sp³-hybridized carbons (Fsp3) is 0.333. The van der Waals surface area contributed by atoms with Gasteiger partial charge < -0.3 is 20.4 Å². The maximum absolute atomic E-state index is 9.47. The summed E-state index contributed by atoms with van der Waals surface area (Å²) >= 11 is 0. The van der Waals surface area contributed by atoms with E-state index in [1.165, 1.54) is 24.3 Å². The van der Waals surface area contributed by atoms with Crippen LogP contribution in [-0.2, 0) is 0 Å². The van der Waals surface area contributed by atoms with Crippen LogP contribution in [0.4, 0.5) is 0 Å². The molecular formula is C15H22O4. The maximum atomic E-state index is 9.47. The second kappa shape index (κ2) is 10.5. The summed E-state index contributed by atoms with van der Waals surface area (Å²) < 4.78 is 0. The molecule has 0 fully saturated rings. The molecule has 4 heteroatoms. The number of aliphatic hydroxyl groups is 4. The van der Waals surface area contributed by atoms with E-state index in [0.29, 0.717) is 0 Å². The van der Waals surface area contributed by atoms with E-state index in [4.69, 9.17) is 0 Å². The van der Waals surface area contributed by atoms with Crippen LogP contribution in [0.1, 0.15) is 6.92 Å². The maximum Gasteiger partial charge on any atom is 0.102 e. The molecular weight excluding hydrogens is 244 g/mol. The van der Waals surface area contributed by atoms with Gasteiger partial charge in [0.15, 0.2) is 0 Å². The number of hydrogen-bond acceptors (Lipinski definition) is 4. The average Bonchev–Trinajstić information content (AvgIpc) is 2.41. The van der Waals surface area contributed by atoms with Crippen LogP contribution in [-0.4, -0.2) is 44.8 Å². The summed E-state index contributed by atoms with van der Waals surface area (Å²) in [6, 6.07) is 0. The number of rotatable bonds is 8. The second-order valence-electron chi connectivity index (χ2n) is 3.88. The lowest BCUT2D eigenvalue weighted by atomic mass is 10.1. The number of allylic oxidation sites excluding steroid dienone is 5. The largest absolute Gasteiger partial charge is 0.386 e. The van der Waals surface area contributed by atoms with Gasteiger partial charge in [-0.05, 0) is 6.92 Å². The van der Waals surface area contributed by atoms with Crippen LogP contribution in [0.3, 0.4) is 0 Å². The van der Waals surface area contributed by atoms with Crippen molar-refractivity contribution < 1.29 is 20.4 Å². The molecule has 0 aromatic rings. The standard InChI is InChI=1S/C15H22O4/c1-3-9-13(17)15(19)11-8-6-5-7-10-14(18)12(16)4-2/h3-19H,2H2,1H3/b6-5+,9-3+,10-7+,11-8+/t12-,13-,14-,15-/m1/s1. The minimum atomic E-state index is -0.992. The third-order valence-electron chi connectivity index (χ3n) is 2.28. The van der Waals surface area contributed by atoms with Crippen molar-refractivity contribution in [3.05, 3.63) is 61.3 Å². The highest BCUT2D eigenvalue weighted by Gasteiger charge is 2.07. The minimum Gasteiger partial charge on any atom is -0.386 e. The first-order chi connectivity index (χ1) is 9.02. The molecule has 4 N–H and O–H groups in total. The Hall–Kier alpha value is -1.46. The zero-order valence-corrected chi connectivity index (χ0v) is 11.0. The van der Waals surface area contributed by atoms with Crippen molar-refractivity contribution in [2.45, 2.75) is 31.3 Å². The van der Waals surface area contributed by atoms with Gasteiger partial charge in [0.25, 0.3) is 0 Å². The van der Waals surface area contributed by atoms with Crippen LogP contribution < -0.4 is 0 Å². The van der Waals surface area contributed by atoms with Crippen molar-refractivity contribution in [2.24, 2.45) is 0 Å². The molecule has 0 aliphatic rings. The SMILES string of the molecule is C=C[C@@H](O)[C@H](O)/C=C/C=C/C=C/[C@@H](O)[C@H](O)/C=C/C. The van der Waals surface area contributed by atoms with Gasteiger partial charge in [-0.15, -0.1) is 6.58 Å². The lowest BCUT2D eigenvalue weighted by molar-refractivity contribution is 0.0808. The van der Waals surface area contributed by atoms with Crippen LogP contribution in [0.15, 0.2) is 61.3 Å². The Bertz CT molecular complexity index is 355. The Labute approximate surface area is 114 Å². The van der Waals surface area contributed by atoms with Crippen LogP contribution >= 0.6 is 0 Å². The second-order valence-corrected chi connectivity index (χ2v) is 3.88. The monoisotopic (exact) mass is 266 g/mol. The minimum absolute atomic E-state index is 0.922. The van der Waals surface area contributed by atoms with Crippen molar-refractivity contribution in [2.75, 3.05) is 0 Å². The normalized spacial score (nSPS) is 19.4. The Morgan fingerprint density at radius 1 is 0.684 bits per heavy atom. The zero-order chi connectivity index (χ0) is 14.7. The summed E-state index contributed by atoms with van der Waals surface area (Å²) in [5, 5.41) is 37.4. The van der Waals surface area contributed by atoms with E-state index in [9.17, 15) is 20.4 Å². The van der Waals surface area contributed by atoms with E-state index < -0.39 is 24.4 Å². The Morgan fingerprint density at radius 2 is 1.11 bits per heavy atom. The summed E-state index contributed by atoms with van der Waals surface area (Å²) in [4.78, 5) is 0. The first kappa shape index (κ1) is 17.5. The molecule has 0 radical (unpaired) electrons. The van der Waals surface area contributed by atoms with Crippen molar-refractivity contribution >= 4 is 0 Å². The molecule has 0 bridgehead atoms. The molecule has 0 aliphatic heterocycles.